The molecule has 2 heterocycles. The Bertz CT molecular complexity index is 573. The van der Waals surface area contributed by atoms with Crippen LogP contribution < -0.4 is 5.32 Å². The van der Waals surface area contributed by atoms with Gasteiger partial charge in [0.15, 0.2) is 0 Å². The maximum Gasteiger partial charge on any atom is 0.214 e. The smallest absolute Gasteiger partial charge is 0.214 e. The van der Waals surface area contributed by atoms with Crippen molar-refractivity contribution in [3.05, 3.63) is 36.2 Å². The fourth-order valence-electron chi connectivity index (χ4n) is 2.79. The van der Waals surface area contributed by atoms with Gasteiger partial charge in [-0.05, 0) is 25.1 Å². The summed E-state index contributed by atoms with van der Waals surface area (Å²) in [6, 6.07) is 8.36. The molecular weight excluding hydrogens is 268 g/mol. The average molecular weight is 288 g/mol. The Morgan fingerprint density at radius 1 is 1.52 bits per heavy atom. The number of nitrogens with zero attached hydrogens (tertiary/aromatic N) is 3. The van der Waals surface area contributed by atoms with Crippen LogP contribution in [0.5, 0.6) is 0 Å². The lowest BCUT2D eigenvalue weighted by molar-refractivity contribution is 0.173. The molecule has 1 aliphatic heterocycles. The van der Waals surface area contributed by atoms with Crippen molar-refractivity contribution in [3.63, 3.8) is 0 Å². The van der Waals surface area contributed by atoms with Crippen LogP contribution in [0.2, 0.25) is 0 Å². The van der Waals surface area contributed by atoms with Gasteiger partial charge in [0, 0.05) is 31.2 Å². The molecule has 21 heavy (non-hydrogen) atoms. The third-order valence-corrected chi connectivity index (χ3v) is 3.95. The number of β-amino-alcohol motifs (C(OH)–C–C–N with tert-alkyl or cyclic N) is 1. The SMILES string of the molecule is CN[C@H](CN1CC[C@H](O)C1)c1cccc(-c2ncon2)c1. The van der Waals surface area contributed by atoms with Crippen LogP contribution in [0, 0.1) is 0 Å². The van der Waals surface area contributed by atoms with E-state index in [-0.39, 0.29) is 12.1 Å². The summed E-state index contributed by atoms with van der Waals surface area (Å²) in [4.78, 5) is 6.37. The Hall–Kier alpha value is -1.76. The van der Waals surface area contributed by atoms with E-state index in [0.29, 0.717) is 5.82 Å². The zero-order valence-corrected chi connectivity index (χ0v) is 12.1. The highest BCUT2D eigenvalue weighted by atomic mass is 16.5. The van der Waals surface area contributed by atoms with Crippen LogP contribution in [-0.4, -0.2) is 52.9 Å². The highest BCUT2D eigenvalue weighted by Crippen LogP contribution is 2.22. The van der Waals surface area contributed by atoms with Gasteiger partial charge in [0.05, 0.1) is 6.10 Å². The molecule has 2 atom stereocenters. The van der Waals surface area contributed by atoms with E-state index in [0.717, 1.165) is 31.6 Å². The van der Waals surface area contributed by atoms with Gasteiger partial charge in [-0.2, -0.15) is 4.98 Å². The van der Waals surface area contributed by atoms with Crippen molar-refractivity contribution in [2.75, 3.05) is 26.7 Å². The first kappa shape index (κ1) is 14.2. The topological polar surface area (TPSA) is 74.4 Å². The molecule has 0 spiro atoms. The molecule has 1 saturated heterocycles. The summed E-state index contributed by atoms with van der Waals surface area (Å²) in [7, 11) is 1.96. The van der Waals surface area contributed by atoms with Crippen LogP contribution in [0.4, 0.5) is 0 Å². The molecule has 1 aliphatic rings. The van der Waals surface area contributed by atoms with Gasteiger partial charge in [0.25, 0.3) is 0 Å². The minimum atomic E-state index is -0.187. The zero-order chi connectivity index (χ0) is 14.7. The van der Waals surface area contributed by atoms with Crippen molar-refractivity contribution in [1.29, 1.82) is 0 Å². The first-order chi connectivity index (χ1) is 10.3. The molecule has 3 rings (SSSR count). The Labute approximate surface area is 123 Å². The standard InChI is InChI=1S/C15H20N4O2/c1-16-14(9-19-6-5-13(20)8-19)11-3-2-4-12(7-11)15-17-10-21-18-15/h2-4,7,10,13-14,16,20H,5-6,8-9H2,1H3/t13-,14+/m0/s1. The molecule has 0 bridgehead atoms. The van der Waals surface area contributed by atoms with Crippen LogP contribution in [0.3, 0.4) is 0 Å². The highest BCUT2D eigenvalue weighted by molar-refractivity contribution is 5.55. The van der Waals surface area contributed by atoms with E-state index in [9.17, 15) is 5.11 Å². The second kappa shape index (κ2) is 6.34. The first-order valence-electron chi connectivity index (χ1n) is 7.20. The summed E-state index contributed by atoms with van der Waals surface area (Å²) < 4.78 is 4.80. The van der Waals surface area contributed by atoms with Crippen molar-refractivity contribution in [2.24, 2.45) is 0 Å². The Morgan fingerprint density at radius 3 is 3.10 bits per heavy atom. The van der Waals surface area contributed by atoms with Crippen molar-refractivity contribution in [1.82, 2.24) is 20.4 Å². The van der Waals surface area contributed by atoms with Crippen LogP contribution in [-0.2, 0) is 0 Å². The molecule has 0 amide bonds. The predicted octanol–water partition coefficient (Wildman–Crippen LogP) is 1.06. The second-order valence-electron chi connectivity index (χ2n) is 5.42. The van der Waals surface area contributed by atoms with E-state index in [2.05, 4.69) is 32.5 Å². The summed E-state index contributed by atoms with van der Waals surface area (Å²) in [5.41, 5.74) is 2.13. The lowest BCUT2D eigenvalue weighted by Crippen LogP contribution is -2.33. The van der Waals surface area contributed by atoms with Crippen LogP contribution in [0.25, 0.3) is 11.4 Å². The molecule has 2 aromatic rings. The van der Waals surface area contributed by atoms with Crippen LogP contribution in [0.1, 0.15) is 18.0 Å². The third-order valence-electron chi connectivity index (χ3n) is 3.95. The lowest BCUT2D eigenvalue weighted by atomic mass is 10.0. The number of nitrogens with one attached hydrogen (secondary N) is 1. The summed E-state index contributed by atoms with van der Waals surface area (Å²) in [5.74, 6) is 0.600. The van der Waals surface area contributed by atoms with Crippen LogP contribution in [0.15, 0.2) is 35.2 Å². The number of aromatic nitrogens is 2. The van der Waals surface area contributed by atoms with Crippen molar-refractivity contribution in [2.45, 2.75) is 18.6 Å². The summed E-state index contributed by atoms with van der Waals surface area (Å²) in [6.45, 7) is 2.58. The second-order valence-corrected chi connectivity index (χ2v) is 5.42. The Morgan fingerprint density at radius 2 is 2.43 bits per heavy atom. The van der Waals surface area contributed by atoms with Gasteiger partial charge < -0.3 is 14.9 Å². The van der Waals surface area contributed by atoms with Gasteiger partial charge in [-0.3, -0.25) is 4.90 Å². The summed E-state index contributed by atoms with van der Waals surface area (Å²) in [5, 5.41) is 16.9. The van der Waals surface area contributed by atoms with Gasteiger partial charge in [-0.1, -0.05) is 23.4 Å². The molecule has 0 radical (unpaired) electrons. The van der Waals surface area contributed by atoms with E-state index in [1.54, 1.807) is 0 Å². The summed E-state index contributed by atoms with van der Waals surface area (Å²) in [6.07, 6.45) is 2.01. The quantitative estimate of drug-likeness (QED) is 0.857. The van der Waals surface area contributed by atoms with Crippen molar-refractivity contribution in [3.8, 4) is 11.4 Å². The molecule has 2 N–H and O–H groups in total. The largest absolute Gasteiger partial charge is 0.392 e. The van der Waals surface area contributed by atoms with E-state index in [1.807, 2.05) is 19.2 Å². The number of hydrogen-bond acceptors (Lipinski definition) is 6. The number of aliphatic hydroxyl groups excluding tert-OH is 1. The van der Waals surface area contributed by atoms with Gasteiger partial charge in [-0.15, -0.1) is 0 Å². The minimum absolute atomic E-state index is 0.187. The molecule has 0 unspecified atom stereocenters. The molecule has 6 heteroatoms. The number of rotatable bonds is 5. The predicted molar refractivity (Wildman–Crippen MR) is 78.6 cm³/mol. The minimum Gasteiger partial charge on any atom is -0.392 e. The number of likely N-dealkylation sites (N-methyl/N-ethyl adjacent to an activating group) is 1. The monoisotopic (exact) mass is 288 g/mol. The van der Waals surface area contributed by atoms with Gasteiger partial charge in [0.1, 0.15) is 0 Å². The lowest BCUT2D eigenvalue weighted by Gasteiger charge is -2.23. The highest BCUT2D eigenvalue weighted by Gasteiger charge is 2.23. The number of benzene rings is 1. The van der Waals surface area contributed by atoms with E-state index >= 15 is 0 Å². The van der Waals surface area contributed by atoms with E-state index in [4.69, 9.17) is 4.52 Å². The van der Waals surface area contributed by atoms with Crippen molar-refractivity contribution < 1.29 is 9.63 Å². The number of likely N-dealkylation sites (tertiary alicyclic amines) is 1. The van der Waals surface area contributed by atoms with Crippen molar-refractivity contribution >= 4 is 0 Å². The zero-order valence-electron chi connectivity index (χ0n) is 12.1. The van der Waals surface area contributed by atoms with Crippen LogP contribution >= 0.6 is 0 Å². The van der Waals surface area contributed by atoms with Gasteiger partial charge >= 0.3 is 0 Å². The molecule has 1 fully saturated rings. The molecule has 6 nitrogen and oxygen atoms in total. The fraction of sp³-hybridized carbons (Fsp3) is 0.467. The first-order valence-corrected chi connectivity index (χ1v) is 7.20. The third kappa shape index (κ3) is 3.29. The molecule has 1 aromatic heterocycles. The Balaban J connectivity index is 1.76. The molecular formula is C15H20N4O2. The molecule has 112 valence electrons. The number of hydrogen-bond donors (Lipinski definition) is 2. The maximum absolute atomic E-state index is 9.64. The number of aliphatic hydroxyl groups is 1. The normalized spacial score (nSPS) is 20.8. The summed E-state index contributed by atoms with van der Waals surface area (Å²) >= 11 is 0. The molecule has 1 aromatic carbocycles. The maximum atomic E-state index is 9.64. The molecule has 0 aliphatic carbocycles. The molecule has 0 saturated carbocycles. The average Bonchev–Trinajstić information content (AvgIpc) is 3.16. The van der Waals surface area contributed by atoms with E-state index in [1.165, 1.54) is 12.0 Å². The van der Waals surface area contributed by atoms with Gasteiger partial charge in [-0.25, -0.2) is 0 Å². The van der Waals surface area contributed by atoms with E-state index < -0.39 is 0 Å². The van der Waals surface area contributed by atoms with Gasteiger partial charge in [0.2, 0.25) is 12.2 Å². The fourth-order valence-corrected chi connectivity index (χ4v) is 2.79. The Kier molecular flexibility index (Phi) is 4.28.